The van der Waals surface area contributed by atoms with Gasteiger partial charge < -0.3 is 9.47 Å². The third-order valence-electron chi connectivity index (χ3n) is 3.70. The van der Waals surface area contributed by atoms with Crippen molar-refractivity contribution in [1.29, 1.82) is 0 Å². The minimum absolute atomic E-state index is 0.468. The van der Waals surface area contributed by atoms with E-state index in [1.165, 1.54) is 0 Å². The van der Waals surface area contributed by atoms with Crippen molar-refractivity contribution in [2.24, 2.45) is 0 Å². The Labute approximate surface area is 152 Å². The number of para-hydroxylation sites is 2. The smallest absolute Gasteiger partial charge is 0.418 e. The fraction of sp³-hybridized carbons (Fsp3) is 0.200. The summed E-state index contributed by atoms with van der Waals surface area (Å²) in [5.74, 6) is 1.48. The van der Waals surface area contributed by atoms with Crippen LogP contribution >= 0.6 is 0 Å². The second-order valence-electron chi connectivity index (χ2n) is 5.70. The number of hydrogen-bond donors (Lipinski definition) is 1. The van der Waals surface area contributed by atoms with E-state index in [-0.39, 0.29) is 0 Å². The highest BCUT2D eigenvalue weighted by Gasteiger charge is 2.19. The maximum atomic E-state index is 12.3. The minimum Gasteiger partial charge on any atom is -0.476 e. The predicted molar refractivity (Wildman–Crippen MR) is 100 cm³/mol. The van der Waals surface area contributed by atoms with Crippen LogP contribution in [0, 0.1) is 6.92 Å². The molecule has 6 heteroatoms. The van der Waals surface area contributed by atoms with Crippen LogP contribution in [0.1, 0.15) is 18.9 Å². The van der Waals surface area contributed by atoms with Crippen LogP contribution in [0.3, 0.4) is 0 Å². The number of rotatable bonds is 6. The maximum absolute atomic E-state index is 12.3. The molecular weight excluding hydrogens is 330 g/mol. The van der Waals surface area contributed by atoms with Gasteiger partial charge >= 0.3 is 6.09 Å². The van der Waals surface area contributed by atoms with E-state index in [1.54, 1.807) is 28.9 Å². The molecule has 1 amide bonds. The minimum atomic E-state index is -0.585. The van der Waals surface area contributed by atoms with Crippen molar-refractivity contribution in [1.82, 2.24) is 9.78 Å². The van der Waals surface area contributed by atoms with Crippen molar-refractivity contribution in [3.8, 4) is 17.3 Å². The number of nitrogens with one attached hydrogen (secondary N) is 1. The highest BCUT2D eigenvalue weighted by Crippen LogP contribution is 2.28. The second kappa shape index (κ2) is 8.20. The molecule has 0 aliphatic heterocycles. The van der Waals surface area contributed by atoms with Crippen LogP contribution in [0.4, 0.5) is 10.6 Å². The lowest BCUT2D eigenvalue weighted by atomic mass is 10.3. The monoisotopic (exact) mass is 351 g/mol. The molecule has 0 saturated carbocycles. The zero-order valence-corrected chi connectivity index (χ0v) is 14.8. The molecule has 1 aromatic heterocycles. The van der Waals surface area contributed by atoms with E-state index in [2.05, 4.69) is 10.4 Å². The third kappa shape index (κ3) is 4.03. The average molecular weight is 351 g/mol. The number of carbonyl (C=O) groups excluding carboxylic acids is 1. The molecule has 0 saturated heterocycles. The van der Waals surface area contributed by atoms with Gasteiger partial charge in [0.05, 0.1) is 17.9 Å². The van der Waals surface area contributed by atoms with Gasteiger partial charge in [0, 0.05) is 0 Å². The molecule has 0 spiro atoms. The Kier molecular flexibility index (Phi) is 5.53. The Morgan fingerprint density at radius 2 is 1.73 bits per heavy atom. The number of aromatic nitrogens is 2. The Morgan fingerprint density at radius 1 is 1.08 bits per heavy atom. The summed E-state index contributed by atoms with van der Waals surface area (Å²) in [6.45, 7) is 4.44. The molecule has 0 unspecified atom stereocenters. The number of amides is 1. The van der Waals surface area contributed by atoms with Crippen LogP contribution in [0.15, 0.2) is 60.7 Å². The Balaban J connectivity index is 1.88. The predicted octanol–water partition coefficient (Wildman–Crippen LogP) is 4.58. The number of hydrogen-bond acceptors (Lipinski definition) is 4. The van der Waals surface area contributed by atoms with Crippen LogP contribution < -0.4 is 14.8 Å². The number of nitrogens with zero attached hydrogens (tertiary/aromatic N) is 2. The molecule has 3 aromatic rings. The van der Waals surface area contributed by atoms with Gasteiger partial charge in [-0.2, -0.15) is 0 Å². The first-order valence-corrected chi connectivity index (χ1v) is 8.50. The van der Waals surface area contributed by atoms with Crippen LogP contribution in [0.2, 0.25) is 0 Å². The number of ether oxygens (including phenoxy) is 2. The van der Waals surface area contributed by atoms with Crippen LogP contribution in [-0.4, -0.2) is 22.5 Å². The molecule has 0 atom stereocenters. The van der Waals surface area contributed by atoms with Gasteiger partial charge in [-0.3, -0.25) is 5.32 Å². The Hall–Kier alpha value is -3.28. The largest absolute Gasteiger partial charge is 0.476 e. The van der Waals surface area contributed by atoms with Gasteiger partial charge in [0.2, 0.25) is 5.88 Å². The fourth-order valence-electron chi connectivity index (χ4n) is 2.43. The summed E-state index contributed by atoms with van der Waals surface area (Å²) in [5, 5.41) is 7.28. The molecule has 134 valence electrons. The molecule has 0 aliphatic carbocycles. The second-order valence-corrected chi connectivity index (χ2v) is 5.70. The highest BCUT2D eigenvalue weighted by atomic mass is 16.6. The zero-order chi connectivity index (χ0) is 18.4. The van der Waals surface area contributed by atoms with E-state index in [0.29, 0.717) is 24.1 Å². The third-order valence-corrected chi connectivity index (χ3v) is 3.70. The summed E-state index contributed by atoms with van der Waals surface area (Å²) in [7, 11) is 0. The molecule has 0 aliphatic rings. The maximum Gasteiger partial charge on any atom is 0.418 e. The quantitative estimate of drug-likeness (QED) is 0.706. The Morgan fingerprint density at radius 3 is 2.38 bits per heavy atom. The summed E-state index contributed by atoms with van der Waals surface area (Å²) in [6.07, 6.45) is 0.287. The zero-order valence-electron chi connectivity index (χ0n) is 14.8. The number of benzene rings is 2. The fourth-order valence-corrected chi connectivity index (χ4v) is 2.43. The molecule has 0 radical (unpaired) electrons. The number of carbonyl (C=O) groups is 1. The van der Waals surface area contributed by atoms with E-state index >= 15 is 0 Å². The van der Waals surface area contributed by atoms with Crippen LogP contribution in [-0.2, 0) is 0 Å². The van der Waals surface area contributed by atoms with Crippen molar-refractivity contribution in [3.05, 3.63) is 66.2 Å². The molecule has 0 fully saturated rings. The first kappa shape index (κ1) is 17.5. The summed E-state index contributed by atoms with van der Waals surface area (Å²) in [4.78, 5) is 12.3. The van der Waals surface area contributed by atoms with Gasteiger partial charge in [0.1, 0.15) is 11.6 Å². The van der Waals surface area contributed by atoms with Gasteiger partial charge in [-0.25, -0.2) is 9.48 Å². The van der Waals surface area contributed by atoms with Crippen LogP contribution in [0.5, 0.6) is 11.6 Å². The lowest BCUT2D eigenvalue weighted by Crippen LogP contribution is -2.19. The van der Waals surface area contributed by atoms with E-state index in [1.807, 2.05) is 50.2 Å². The molecule has 6 nitrogen and oxygen atoms in total. The standard InChI is InChI=1S/C20H21N3O3/c1-3-14-25-19-15(2)18(23(22-19)16-10-6-4-7-11-16)21-20(24)26-17-12-8-5-9-13-17/h4-13H,3,14H2,1-2H3,(H,21,24). The van der Waals surface area contributed by atoms with Crippen molar-refractivity contribution in [3.63, 3.8) is 0 Å². The molecule has 26 heavy (non-hydrogen) atoms. The van der Waals surface area contributed by atoms with Gasteiger partial charge in [0.15, 0.2) is 0 Å². The van der Waals surface area contributed by atoms with Crippen molar-refractivity contribution in [2.45, 2.75) is 20.3 Å². The summed E-state index contributed by atoms with van der Waals surface area (Å²) >= 11 is 0. The number of anilines is 1. The van der Waals surface area contributed by atoms with E-state index in [0.717, 1.165) is 17.7 Å². The molecule has 1 N–H and O–H groups in total. The van der Waals surface area contributed by atoms with Gasteiger partial charge in [0.25, 0.3) is 0 Å². The SMILES string of the molecule is CCCOc1nn(-c2ccccc2)c(NC(=O)Oc2ccccc2)c1C. The molecule has 1 heterocycles. The van der Waals surface area contributed by atoms with E-state index in [9.17, 15) is 4.79 Å². The summed E-state index contributed by atoms with van der Waals surface area (Å²) in [6, 6.07) is 18.5. The molecule has 2 aromatic carbocycles. The molecule has 0 bridgehead atoms. The molecule has 3 rings (SSSR count). The summed E-state index contributed by atoms with van der Waals surface area (Å²) < 4.78 is 12.7. The lowest BCUT2D eigenvalue weighted by molar-refractivity contribution is 0.215. The first-order chi connectivity index (χ1) is 12.7. The van der Waals surface area contributed by atoms with Gasteiger partial charge in [-0.05, 0) is 37.6 Å². The van der Waals surface area contributed by atoms with Crippen molar-refractivity contribution < 1.29 is 14.3 Å². The topological polar surface area (TPSA) is 65.4 Å². The van der Waals surface area contributed by atoms with Gasteiger partial charge in [-0.15, -0.1) is 5.10 Å². The lowest BCUT2D eigenvalue weighted by Gasteiger charge is -2.10. The van der Waals surface area contributed by atoms with Gasteiger partial charge in [-0.1, -0.05) is 43.3 Å². The first-order valence-electron chi connectivity index (χ1n) is 8.50. The Bertz CT molecular complexity index is 861. The highest BCUT2D eigenvalue weighted by molar-refractivity contribution is 5.87. The normalized spacial score (nSPS) is 10.4. The summed E-state index contributed by atoms with van der Waals surface area (Å²) in [5.41, 5.74) is 1.56. The average Bonchev–Trinajstić information content (AvgIpc) is 2.97. The van der Waals surface area contributed by atoms with E-state index < -0.39 is 6.09 Å². The van der Waals surface area contributed by atoms with Crippen molar-refractivity contribution in [2.75, 3.05) is 11.9 Å². The van der Waals surface area contributed by atoms with Crippen LogP contribution in [0.25, 0.3) is 5.69 Å². The van der Waals surface area contributed by atoms with E-state index in [4.69, 9.17) is 9.47 Å². The molecular formula is C20H21N3O3. The van der Waals surface area contributed by atoms with Crippen molar-refractivity contribution >= 4 is 11.9 Å².